The van der Waals surface area contributed by atoms with Crippen molar-refractivity contribution in [3.8, 4) is 16.3 Å². The number of carbonyl (C=O) groups is 1. The first kappa shape index (κ1) is 17.1. The maximum atomic E-state index is 13.6. The molecule has 0 radical (unpaired) electrons. The quantitative estimate of drug-likeness (QED) is 0.706. The Morgan fingerprint density at radius 3 is 2.76 bits per heavy atom. The van der Waals surface area contributed by atoms with Gasteiger partial charge >= 0.3 is 0 Å². The molecule has 6 heteroatoms. The van der Waals surface area contributed by atoms with Gasteiger partial charge in [-0.25, -0.2) is 9.37 Å². The summed E-state index contributed by atoms with van der Waals surface area (Å²) in [5.74, 6) is 0.00205. The summed E-state index contributed by atoms with van der Waals surface area (Å²) in [5.41, 5.74) is 1.71. The SMILES string of the molecule is CCOc1ccccc1-c1nc(CC(=O)Nc2ccccc2F)cs1. The number of amides is 1. The van der Waals surface area contributed by atoms with Crippen LogP contribution < -0.4 is 10.1 Å². The standard InChI is InChI=1S/C19H17FN2O2S/c1-2-24-17-10-6-3-7-14(17)19-21-13(12-25-19)11-18(23)22-16-9-5-4-8-15(16)20/h3-10,12H,2,11H2,1H3,(H,22,23). The number of halogens is 1. The highest BCUT2D eigenvalue weighted by Gasteiger charge is 2.13. The van der Waals surface area contributed by atoms with Crippen LogP contribution in [0, 0.1) is 5.82 Å². The van der Waals surface area contributed by atoms with E-state index in [2.05, 4.69) is 10.3 Å². The van der Waals surface area contributed by atoms with Crippen molar-refractivity contribution < 1.29 is 13.9 Å². The third-order valence-corrected chi connectivity index (χ3v) is 4.38. The number of hydrogen-bond donors (Lipinski definition) is 1. The summed E-state index contributed by atoms with van der Waals surface area (Å²) in [6, 6.07) is 13.7. The minimum absolute atomic E-state index is 0.0850. The first-order valence-electron chi connectivity index (χ1n) is 7.88. The summed E-state index contributed by atoms with van der Waals surface area (Å²) < 4.78 is 19.2. The normalized spacial score (nSPS) is 10.5. The Hall–Kier alpha value is -2.73. The smallest absolute Gasteiger partial charge is 0.230 e. The van der Waals surface area contributed by atoms with E-state index in [-0.39, 0.29) is 18.0 Å². The van der Waals surface area contributed by atoms with E-state index in [1.54, 1.807) is 12.1 Å². The number of nitrogens with zero attached hydrogens (tertiary/aromatic N) is 1. The van der Waals surface area contributed by atoms with Crippen molar-refractivity contribution in [1.29, 1.82) is 0 Å². The molecule has 1 heterocycles. The molecule has 0 fully saturated rings. The second-order valence-corrected chi connectivity index (χ2v) is 6.14. The highest BCUT2D eigenvalue weighted by Crippen LogP contribution is 2.32. The van der Waals surface area contributed by atoms with Crippen molar-refractivity contribution in [3.63, 3.8) is 0 Å². The van der Waals surface area contributed by atoms with Crippen LogP contribution in [0.5, 0.6) is 5.75 Å². The molecular formula is C19H17FN2O2S. The van der Waals surface area contributed by atoms with Crippen molar-refractivity contribution in [3.05, 3.63) is 65.4 Å². The third kappa shape index (κ3) is 4.22. The molecule has 1 N–H and O–H groups in total. The van der Waals surface area contributed by atoms with Crippen molar-refractivity contribution in [1.82, 2.24) is 4.98 Å². The molecule has 4 nitrogen and oxygen atoms in total. The number of carbonyl (C=O) groups excluding carboxylic acids is 1. The molecule has 0 saturated heterocycles. The number of para-hydroxylation sites is 2. The minimum atomic E-state index is -0.458. The number of rotatable bonds is 6. The van der Waals surface area contributed by atoms with Crippen LogP contribution in [0.15, 0.2) is 53.9 Å². The van der Waals surface area contributed by atoms with Gasteiger partial charge in [0.25, 0.3) is 0 Å². The zero-order valence-corrected chi connectivity index (χ0v) is 14.5. The zero-order chi connectivity index (χ0) is 17.6. The Morgan fingerprint density at radius 1 is 1.20 bits per heavy atom. The Labute approximate surface area is 149 Å². The number of ether oxygens (including phenoxy) is 1. The Balaban J connectivity index is 1.72. The number of anilines is 1. The Bertz CT molecular complexity index is 879. The molecule has 0 unspecified atom stereocenters. The van der Waals surface area contributed by atoms with Crippen LogP contribution in [0.1, 0.15) is 12.6 Å². The van der Waals surface area contributed by atoms with Gasteiger partial charge in [-0.05, 0) is 31.2 Å². The van der Waals surface area contributed by atoms with Gasteiger partial charge in [0.2, 0.25) is 5.91 Å². The van der Waals surface area contributed by atoms with Crippen molar-refractivity contribution >= 4 is 22.9 Å². The molecule has 0 aliphatic heterocycles. The van der Waals surface area contributed by atoms with Gasteiger partial charge in [-0.2, -0.15) is 0 Å². The number of aromatic nitrogens is 1. The van der Waals surface area contributed by atoms with Gasteiger partial charge in [0.1, 0.15) is 16.6 Å². The maximum absolute atomic E-state index is 13.6. The first-order valence-corrected chi connectivity index (χ1v) is 8.76. The lowest BCUT2D eigenvalue weighted by molar-refractivity contribution is -0.115. The fourth-order valence-electron chi connectivity index (χ4n) is 2.36. The van der Waals surface area contributed by atoms with Gasteiger partial charge in [0.05, 0.1) is 30.0 Å². The lowest BCUT2D eigenvalue weighted by Crippen LogP contribution is -2.15. The van der Waals surface area contributed by atoms with Crippen LogP contribution in [0.25, 0.3) is 10.6 Å². The molecule has 0 aliphatic rings. The summed E-state index contributed by atoms with van der Waals surface area (Å²) in [5, 5.41) is 5.19. The van der Waals surface area contributed by atoms with Crippen LogP contribution in [0.2, 0.25) is 0 Å². The molecule has 0 atom stereocenters. The summed E-state index contributed by atoms with van der Waals surface area (Å²) in [4.78, 5) is 16.6. The van der Waals surface area contributed by atoms with E-state index >= 15 is 0 Å². The Morgan fingerprint density at radius 2 is 1.96 bits per heavy atom. The third-order valence-electron chi connectivity index (χ3n) is 3.46. The molecule has 1 aromatic heterocycles. The molecule has 25 heavy (non-hydrogen) atoms. The van der Waals surface area contributed by atoms with Gasteiger partial charge in [-0.15, -0.1) is 11.3 Å². The fraction of sp³-hybridized carbons (Fsp3) is 0.158. The predicted molar refractivity (Wildman–Crippen MR) is 97.5 cm³/mol. The molecule has 128 valence electrons. The first-order chi connectivity index (χ1) is 12.2. The second kappa shape index (κ2) is 7.90. The molecule has 3 aromatic rings. The maximum Gasteiger partial charge on any atom is 0.230 e. The molecule has 3 rings (SSSR count). The molecule has 0 aliphatic carbocycles. The molecule has 0 bridgehead atoms. The lowest BCUT2D eigenvalue weighted by Gasteiger charge is -2.07. The molecule has 0 spiro atoms. The summed E-state index contributed by atoms with van der Waals surface area (Å²) in [6.07, 6.45) is 0.0850. The average molecular weight is 356 g/mol. The van der Waals surface area contributed by atoms with Gasteiger partial charge in [-0.1, -0.05) is 24.3 Å². The van der Waals surface area contributed by atoms with Gasteiger partial charge in [-0.3, -0.25) is 4.79 Å². The van der Waals surface area contributed by atoms with Crippen LogP contribution in [0.3, 0.4) is 0 Å². The van der Waals surface area contributed by atoms with E-state index in [4.69, 9.17) is 4.74 Å². The van der Waals surface area contributed by atoms with Crippen LogP contribution in [-0.4, -0.2) is 17.5 Å². The summed E-state index contributed by atoms with van der Waals surface area (Å²) in [7, 11) is 0. The van der Waals surface area contributed by atoms with Crippen molar-refractivity contribution in [2.45, 2.75) is 13.3 Å². The van der Waals surface area contributed by atoms with Crippen LogP contribution in [-0.2, 0) is 11.2 Å². The molecule has 0 saturated carbocycles. The van der Waals surface area contributed by atoms with E-state index in [1.807, 2.05) is 36.6 Å². The lowest BCUT2D eigenvalue weighted by atomic mass is 10.2. The summed E-state index contributed by atoms with van der Waals surface area (Å²) in [6.45, 7) is 2.50. The van der Waals surface area contributed by atoms with Gasteiger partial charge < -0.3 is 10.1 Å². The number of nitrogens with one attached hydrogen (secondary N) is 1. The van der Waals surface area contributed by atoms with Crippen LogP contribution in [0.4, 0.5) is 10.1 Å². The highest BCUT2D eigenvalue weighted by molar-refractivity contribution is 7.13. The van der Waals surface area contributed by atoms with E-state index in [1.165, 1.54) is 23.5 Å². The van der Waals surface area contributed by atoms with Crippen molar-refractivity contribution in [2.75, 3.05) is 11.9 Å². The van der Waals surface area contributed by atoms with Gasteiger partial charge in [0, 0.05) is 5.38 Å². The summed E-state index contributed by atoms with van der Waals surface area (Å²) >= 11 is 1.45. The second-order valence-electron chi connectivity index (χ2n) is 5.28. The number of thiazole rings is 1. The average Bonchev–Trinajstić information content (AvgIpc) is 3.06. The molecular weight excluding hydrogens is 339 g/mol. The van der Waals surface area contributed by atoms with E-state index in [9.17, 15) is 9.18 Å². The molecule has 1 amide bonds. The van der Waals surface area contributed by atoms with Gasteiger partial charge in [0.15, 0.2) is 0 Å². The minimum Gasteiger partial charge on any atom is -0.493 e. The predicted octanol–water partition coefficient (Wildman–Crippen LogP) is 4.53. The topological polar surface area (TPSA) is 51.2 Å². The van der Waals surface area contributed by atoms with Crippen molar-refractivity contribution in [2.24, 2.45) is 0 Å². The highest BCUT2D eigenvalue weighted by atomic mass is 32.1. The van der Waals surface area contributed by atoms with E-state index < -0.39 is 5.82 Å². The zero-order valence-electron chi connectivity index (χ0n) is 13.7. The molecule has 2 aromatic carbocycles. The fourth-order valence-corrected chi connectivity index (χ4v) is 3.21. The van der Waals surface area contributed by atoms with E-state index in [0.29, 0.717) is 12.3 Å². The largest absolute Gasteiger partial charge is 0.493 e. The monoisotopic (exact) mass is 356 g/mol. The Kier molecular flexibility index (Phi) is 5.40. The number of hydrogen-bond acceptors (Lipinski definition) is 4. The number of benzene rings is 2. The van der Waals surface area contributed by atoms with E-state index in [0.717, 1.165) is 16.3 Å². The van der Waals surface area contributed by atoms with Crippen LogP contribution >= 0.6 is 11.3 Å².